The first-order chi connectivity index (χ1) is 11.0. The van der Waals surface area contributed by atoms with Crippen LogP contribution >= 0.6 is 11.6 Å². The topological polar surface area (TPSA) is 108 Å². The maximum absolute atomic E-state index is 11.5. The van der Waals surface area contributed by atoms with E-state index in [9.17, 15) is 14.7 Å². The van der Waals surface area contributed by atoms with Crippen molar-refractivity contribution in [2.24, 2.45) is 0 Å². The Morgan fingerprint density at radius 1 is 1.35 bits per heavy atom. The summed E-state index contributed by atoms with van der Waals surface area (Å²) in [6.45, 7) is 3.09. The van der Waals surface area contributed by atoms with Crippen LogP contribution in [0.5, 0.6) is 0 Å². The second-order valence-corrected chi connectivity index (χ2v) is 5.35. The van der Waals surface area contributed by atoms with Gasteiger partial charge in [-0.25, -0.2) is 0 Å². The van der Waals surface area contributed by atoms with Crippen molar-refractivity contribution < 1.29 is 19.4 Å². The van der Waals surface area contributed by atoms with Gasteiger partial charge in [-0.05, 0) is 12.1 Å². The van der Waals surface area contributed by atoms with Crippen LogP contribution < -0.4 is 10.2 Å². The van der Waals surface area contributed by atoms with Crippen LogP contribution in [-0.2, 0) is 14.3 Å². The summed E-state index contributed by atoms with van der Waals surface area (Å²) in [5.41, 5.74) is 0. The van der Waals surface area contributed by atoms with E-state index < -0.39 is 24.8 Å². The average Bonchev–Trinajstić information content (AvgIpc) is 2.54. The number of aliphatic hydroxyl groups is 1. The van der Waals surface area contributed by atoms with Gasteiger partial charge in [0.2, 0.25) is 0 Å². The number of carbonyl (C=O) groups is 2. The van der Waals surface area contributed by atoms with Gasteiger partial charge in [-0.15, -0.1) is 10.2 Å². The first-order valence-corrected chi connectivity index (χ1v) is 7.42. The Labute approximate surface area is 138 Å². The van der Waals surface area contributed by atoms with E-state index in [1.807, 2.05) is 4.90 Å². The number of carbonyl (C=O) groups excluding carboxylic acids is 2. The summed E-state index contributed by atoms with van der Waals surface area (Å²) in [5.74, 6) is -0.395. The van der Waals surface area contributed by atoms with Gasteiger partial charge in [-0.1, -0.05) is 11.6 Å². The number of nitrogens with one attached hydrogen (secondary N) is 1. The molecule has 1 atom stereocenters. The number of hydrogen-bond donors (Lipinski definition) is 2. The van der Waals surface area contributed by atoms with E-state index in [1.54, 1.807) is 17.0 Å². The Kier molecular flexibility index (Phi) is 6.08. The van der Waals surface area contributed by atoms with Crippen molar-refractivity contribution in [1.82, 2.24) is 20.4 Å². The van der Waals surface area contributed by atoms with Crippen LogP contribution in [-0.4, -0.2) is 71.2 Å². The molecule has 0 aromatic carbocycles. The summed E-state index contributed by atoms with van der Waals surface area (Å²) in [4.78, 5) is 25.8. The van der Waals surface area contributed by atoms with Crippen LogP contribution in [0.1, 0.15) is 6.92 Å². The normalized spacial score (nSPS) is 16.7. The summed E-state index contributed by atoms with van der Waals surface area (Å²) >= 11 is 5.70. The number of ether oxygens (including phenoxy) is 1. The Hall–Kier alpha value is -1.97. The molecule has 1 amide bonds. The number of nitrogens with zero attached hydrogens (tertiary/aromatic N) is 4. The van der Waals surface area contributed by atoms with Crippen molar-refractivity contribution >= 4 is 29.3 Å². The number of aliphatic hydroxyl groups excluding tert-OH is 1. The molecule has 2 N–H and O–H groups in total. The van der Waals surface area contributed by atoms with E-state index >= 15 is 0 Å². The van der Waals surface area contributed by atoms with E-state index in [-0.39, 0.29) is 0 Å². The second-order valence-electron chi connectivity index (χ2n) is 4.96. The summed E-state index contributed by atoms with van der Waals surface area (Å²) in [5, 5.41) is 20.5. The Morgan fingerprint density at radius 3 is 2.61 bits per heavy atom. The van der Waals surface area contributed by atoms with Crippen molar-refractivity contribution in [3.8, 4) is 0 Å². The standard InChI is InChI=1S/C13H18ClN5O4/c1-9(20)23-8-12(21)15-13(22)19-6-4-18(5-7-19)11-3-2-10(14)16-17-11/h2-3,13,22H,4-8H2,1H3,(H,15,21). The first-order valence-electron chi connectivity index (χ1n) is 7.05. The summed E-state index contributed by atoms with van der Waals surface area (Å²) in [6, 6.07) is 3.45. The van der Waals surface area contributed by atoms with Crippen LogP contribution in [0.4, 0.5) is 5.82 Å². The van der Waals surface area contributed by atoms with Crippen molar-refractivity contribution in [3.05, 3.63) is 17.3 Å². The Balaban J connectivity index is 1.78. The molecule has 1 aromatic heterocycles. The number of piperazine rings is 1. The highest BCUT2D eigenvalue weighted by Gasteiger charge is 2.24. The highest BCUT2D eigenvalue weighted by atomic mass is 35.5. The minimum atomic E-state index is -1.13. The van der Waals surface area contributed by atoms with Crippen molar-refractivity contribution in [2.45, 2.75) is 13.3 Å². The van der Waals surface area contributed by atoms with Gasteiger partial charge >= 0.3 is 5.97 Å². The SMILES string of the molecule is CC(=O)OCC(=O)NC(O)N1CCN(c2ccc(Cl)nn2)CC1. The number of esters is 1. The molecule has 1 aliphatic heterocycles. The number of hydrogen-bond acceptors (Lipinski definition) is 8. The summed E-state index contributed by atoms with van der Waals surface area (Å²) in [7, 11) is 0. The minimum absolute atomic E-state index is 0.332. The van der Waals surface area contributed by atoms with Gasteiger partial charge in [0.25, 0.3) is 5.91 Å². The molecule has 9 nitrogen and oxygen atoms in total. The van der Waals surface area contributed by atoms with Crippen LogP contribution in [0.2, 0.25) is 5.15 Å². The van der Waals surface area contributed by atoms with Gasteiger partial charge in [-0.2, -0.15) is 0 Å². The predicted molar refractivity (Wildman–Crippen MR) is 81.6 cm³/mol. The molecule has 0 saturated carbocycles. The molecule has 0 spiro atoms. The molecule has 23 heavy (non-hydrogen) atoms. The third-order valence-electron chi connectivity index (χ3n) is 3.30. The minimum Gasteiger partial charge on any atom is -0.456 e. The lowest BCUT2D eigenvalue weighted by molar-refractivity contribution is -0.149. The predicted octanol–water partition coefficient (Wildman–Crippen LogP) is -0.793. The third-order valence-corrected chi connectivity index (χ3v) is 3.50. The van der Waals surface area contributed by atoms with Crippen LogP contribution in [0.25, 0.3) is 0 Å². The first kappa shape index (κ1) is 17.4. The monoisotopic (exact) mass is 343 g/mol. The second kappa shape index (κ2) is 8.04. The average molecular weight is 344 g/mol. The van der Waals surface area contributed by atoms with Crippen molar-refractivity contribution in [1.29, 1.82) is 0 Å². The lowest BCUT2D eigenvalue weighted by Gasteiger charge is -2.37. The maximum atomic E-state index is 11.5. The lowest BCUT2D eigenvalue weighted by Crippen LogP contribution is -2.56. The quantitative estimate of drug-likeness (QED) is 0.529. The number of anilines is 1. The maximum Gasteiger partial charge on any atom is 0.303 e. The van der Waals surface area contributed by atoms with Crippen LogP contribution in [0.15, 0.2) is 12.1 Å². The molecular formula is C13H18ClN5O4. The Bertz CT molecular complexity index is 548. The molecule has 2 rings (SSSR count). The van der Waals surface area contributed by atoms with Crippen LogP contribution in [0, 0.1) is 0 Å². The highest BCUT2D eigenvalue weighted by Crippen LogP contribution is 2.14. The van der Waals surface area contributed by atoms with Crippen molar-refractivity contribution in [2.75, 3.05) is 37.7 Å². The zero-order valence-corrected chi connectivity index (χ0v) is 13.4. The molecule has 10 heteroatoms. The largest absolute Gasteiger partial charge is 0.456 e. The molecule has 1 fully saturated rings. The van der Waals surface area contributed by atoms with Gasteiger partial charge in [0.1, 0.15) is 0 Å². The zero-order chi connectivity index (χ0) is 16.8. The molecule has 2 heterocycles. The molecule has 1 unspecified atom stereocenters. The molecule has 1 saturated heterocycles. The number of halogens is 1. The molecular weight excluding hydrogens is 326 g/mol. The molecule has 0 aliphatic carbocycles. The molecule has 126 valence electrons. The van der Waals surface area contributed by atoms with Gasteiger partial charge < -0.3 is 20.1 Å². The fraction of sp³-hybridized carbons (Fsp3) is 0.538. The van der Waals surface area contributed by atoms with Crippen LogP contribution in [0.3, 0.4) is 0 Å². The van der Waals surface area contributed by atoms with Gasteiger partial charge in [0.15, 0.2) is 23.9 Å². The Morgan fingerprint density at radius 2 is 2.04 bits per heavy atom. The molecule has 1 aliphatic rings. The fourth-order valence-corrected chi connectivity index (χ4v) is 2.22. The molecule has 0 bridgehead atoms. The van der Waals surface area contributed by atoms with E-state index in [0.717, 1.165) is 0 Å². The van der Waals surface area contributed by atoms with E-state index in [4.69, 9.17) is 11.6 Å². The highest BCUT2D eigenvalue weighted by molar-refractivity contribution is 6.29. The summed E-state index contributed by atoms with van der Waals surface area (Å²) in [6.07, 6.45) is -1.13. The molecule has 0 radical (unpaired) electrons. The molecule has 1 aromatic rings. The van der Waals surface area contributed by atoms with Gasteiger partial charge in [-0.3, -0.25) is 14.5 Å². The van der Waals surface area contributed by atoms with E-state index in [0.29, 0.717) is 37.1 Å². The van der Waals surface area contributed by atoms with Gasteiger partial charge in [0, 0.05) is 33.1 Å². The zero-order valence-electron chi connectivity index (χ0n) is 12.6. The van der Waals surface area contributed by atoms with Crippen molar-refractivity contribution in [3.63, 3.8) is 0 Å². The van der Waals surface area contributed by atoms with Gasteiger partial charge in [0.05, 0.1) is 0 Å². The number of amides is 1. The third kappa shape index (κ3) is 5.31. The van der Waals surface area contributed by atoms with E-state index in [2.05, 4.69) is 20.3 Å². The lowest BCUT2D eigenvalue weighted by atomic mass is 10.3. The smallest absolute Gasteiger partial charge is 0.303 e. The fourth-order valence-electron chi connectivity index (χ4n) is 2.12. The number of rotatable bonds is 5. The summed E-state index contributed by atoms with van der Waals surface area (Å²) < 4.78 is 4.56. The number of aromatic nitrogens is 2. The van der Waals surface area contributed by atoms with E-state index in [1.165, 1.54) is 6.92 Å².